The number of carbonyl (C=O) groups is 1. The standard InChI is InChI=1S/C25H24N4O3/c1-28(15-21-13-22(27-32-21)19-8-3-2-4-9-19)25(30)23-17-31-24(26-23)16-29-12-11-18-7-5-6-10-20(18)14-29/h2-10,13,17H,11-12,14-16H2,1H3. The van der Waals surface area contributed by atoms with Crippen LogP contribution in [0.2, 0.25) is 0 Å². The van der Waals surface area contributed by atoms with Crippen LogP contribution in [0.5, 0.6) is 0 Å². The van der Waals surface area contributed by atoms with Crippen LogP contribution in [-0.2, 0) is 26.1 Å². The molecule has 0 saturated carbocycles. The van der Waals surface area contributed by atoms with Crippen molar-refractivity contribution in [3.63, 3.8) is 0 Å². The van der Waals surface area contributed by atoms with Crippen molar-refractivity contribution in [2.24, 2.45) is 0 Å². The smallest absolute Gasteiger partial charge is 0.275 e. The average Bonchev–Trinajstić information content (AvgIpc) is 3.49. The molecule has 5 rings (SSSR count). The second kappa shape index (κ2) is 8.80. The van der Waals surface area contributed by atoms with E-state index >= 15 is 0 Å². The maximum Gasteiger partial charge on any atom is 0.275 e. The van der Waals surface area contributed by atoms with Crippen molar-refractivity contribution in [3.8, 4) is 11.3 Å². The summed E-state index contributed by atoms with van der Waals surface area (Å²) < 4.78 is 11.0. The highest BCUT2D eigenvalue weighted by Crippen LogP contribution is 2.21. The maximum atomic E-state index is 12.8. The molecule has 2 aromatic carbocycles. The Morgan fingerprint density at radius 1 is 1.09 bits per heavy atom. The molecule has 0 fully saturated rings. The highest BCUT2D eigenvalue weighted by atomic mass is 16.5. The zero-order valence-corrected chi connectivity index (χ0v) is 17.9. The van der Waals surface area contributed by atoms with Crippen molar-refractivity contribution in [1.82, 2.24) is 19.9 Å². The second-order valence-corrected chi connectivity index (χ2v) is 8.06. The van der Waals surface area contributed by atoms with E-state index in [9.17, 15) is 4.79 Å². The maximum absolute atomic E-state index is 12.8. The number of oxazole rings is 1. The van der Waals surface area contributed by atoms with Crippen LogP contribution < -0.4 is 0 Å². The van der Waals surface area contributed by atoms with Crippen molar-refractivity contribution in [3.05, 3.63) is 95.4 Å². The number of aromatic nitrogens is 2. The predicted molar refractivity (Wildman–Crippen MR) is 118 cm³/mol. The molecule has 4 aromatic rings. The van der Waals surface area contributed by atoms with Crippen molar-refractivity contribution < 1.29 is 13.7 Å². The molecule has 0 bridgehead atoms. The number of hydrogen-bond donors (Lipinski definition) is 0. The van der Waals surface area contributed by atoms with Crippen LogP contribution in [0.1, 0.15) is 33.3 Å². The Kier molecular flexibility index (Phi) is 5.56. The van der Waals surface area contributed by atoms with E-state index in [4.69, 9.17) is 8.94 Å². The number of fused-ring (bicyclic) bond motifs is 1. The Labute approximate surface area is 186 Å². The fourth-order valence-electron chi connectivity index (χ4n) is 4.00. The van der Waals surface area contributed by atoms with Crippen LogP contribution in [0.15, 0.2) is 75.9 Å². The summed E-state index contributed by atoms with van der Waals surface area (Å²) in [6.45, 7) is 2.67. The van der Waals surface area contributed by atoms with E-state index in [1.165, 1.54) is 17.4 Å². The van der Waals surface area contributed by atoms with E-state index in [0.717, 1.165) is 30.8 Å². The number of hydrogen-bond acceptors (Lipinski definition) is 6. The van der Waals surface area contributed by atoms with Gasteiger partial charge in [0.25, 0.3) is 5.91 Å². The van der Waals surface area contributed by atoms with Crippen molar-refractivity contribution in [2.75, 3.05) is 13.6 Å². The first kappa shape index (κ1) is 20.2. The Bertz CT molecular complexity index is 1210. The summed E-state index contributed by atoms with van der Waals surface area (Å²) >= 11 is 0. The lowest BCUT2D eigenvalue weighted by Gasteiger charge is -2.27. The van der Waals surface area contributed by atoms with Gasteiger partial charge < -0.3 is 13.8 Å². The highest BCUT2D eigenvalue weighted by molar-refractivity contribution is 5.91. The minimum atomic E-state index is -0.221. The third-order valence-corrected chi connectivity index (χ3v) is 5.71. The molecular formula is C25H24N4O3. The third-order valence-electron chi connectivity index (χ3n) is 5.71. The van der Waals surface area contributed by atoms with Gasteiger partial charge in [-0.15, -0.1) is 0 Å². The van der Waals surface area contributed by atoms with Crippen molar-refractivity contribution in [1.29, 1.82) is 0 Å². The van der Waals surface area contributed by atoms with Crippen LogP contribution in [0.3, 0.4) is 0 Å². The first-order valence-electron chi connectivity index (χ1n) is 10.7. The fraction of sp³-hybridized carbons (Fsp3) is 0.240. The molecule has 0 atom stereocenters. The molecule has 7 nitrogen and oxygen atoms in total. The summed E-state index contributed by atoms with van der Waals surface area (Å²) in [6, 6.07) is 20.1. The third kappa shape index (κ3) is 4.33. The number of benzene rings is 2. The molecule has 0 aliphatic carbocycles. The Hall–Kier alpha value is -3.71. The molecule has 0 radical (unpaired) electrons. The largest absolute Gasteiger partial charge is 0.447 e. The summed E-state index contributed by atoms with van der Waals surface area (Å²) in [5.41, 5.74) is 4.74. The van der Waals surface area contributed by atoms with Crippen LogP contribution in [-0.4, -0.2) is 39.4 Å². The zero-order valence-electron chi connectivity index (χ0n) is 17.9. The lowest BCUT2D eigenvalue weighted by Crippen LogP contribution is -2.30. The summed E-state index contributed by atoms with van der Waals surface area (Å²) in [4.78, 5) is 21.1. The van der Waals surface area contributed by atoms with E-state index in [2.05, 4.69) is 39.3 Å². The van der Waals surface area contributed by atoms with Gasteiger partial charge in [-0.1, -0.05) is 59.8 Å². The highest BCUT2D eigenvalue weighted by Gasteiger charge is 2.21. The van der Waals surface area contributed by atoms with Crippen LogP contribution in [0.4, 0.5) is 0 Å². The number of carbonyl (C=O) groups excluding carboxylic acids is 1. The van der Waals surface area contributed by atoms with Crippen LogP contribution in [0, 0.1) is 0 Å². The summed E-state index contributed by atoms with van der Waals surface area (Å²) in [6.07, 6.45) is 2.44. The lowest BCUT2D eigenvalue weighted by molar-refractivity contribution is 0.0766. The number of rotatable bonds is 6. The fourth-order valence-corrected chi connectivity index (χ4v) is 4.00. The van der Waals surface area contributed by atoms with Crippen LogP contribution in [0.25, 0.3) is 11.3 Å². The van der Waals surface area contributed by atoms with Gasteiger partial charge in [-0.3, -0.25) is 9.69 Å². The molecule has 0 unspecified atom stereocenters. The molecule has 32 heavy (non-hydrogen) atoms. The molecule has 1 amide bonds. The van der Waals surface area contributed by atoms with E-state index in [1.54, 1.807) is 11.9 Å². The molecule has 1 aliphatic heterocycles. The predicted octanol–water partition coefficient (Wildman–Crippen LogP) is 4.16. The second-order valence-electron chi connectivity index (χ2n) is 8.06. The van der Waals surface area contributed by atoms with Gasteiger partial charge in [-0.2, -0.15) is 0 Å². The van der Waals surface area contributed by atoms with Crippen molar-refractivity contribution in [2.45, 2.75) is 26.1 Å². The van der Waals surface area contributed by atoms with Gasteiger partial charge in [0.2, 0.25) is 5.89 Å². The Morgan fingerprint density at radius 3 is 2.72 bits per heavy atom. The molecular weight excluding hydrogens is 404 g/mol. The normalized spacial score (nSPS) is 13.7. The number of amides is 1. The van der Waals surface area contributed by atoms with Crippen LogP contribution >= 0.6 is 0 Å². The van der Waals surface area contributed by atoms with E-state index in [1.807, 2.05) is 36.4 Å². The quantitative estimate of drug-likeness (QED) is 0.459. The first-order chi connectivity index (χ1) is 15.7. The van der Waals surface area contributed by atoms with Gasteiger partial charge in [0, 0.05) is 31.8 Å². The summed E-state index contributed by atoms with van der Waals surface area (Å²) in [5.74, 6) is 0.934. The van der Waals surface area contributed by atoms with E-state index in [0.29, 0.717) is 30.4 Å². The minimum Gasteiger partial charge on any atom is -0.447 e. The molecule has 2 aromatic heterocycles. The summed E-state index contributed by atoms with van der Waals surface area (Å²) in [7, 11) is 1.71. The van der Waals surface area contributed by atoms with Gasteiger partial charge in [0.15, 0.2) is 11.5 Å². The van der Waals surface area contributed by atoms with Crippen molar-refractivity contribution >= 4 is 5.91 Å². The molecule has 0 saturated heterocycles. The summed E-state index contributed by atoms with van der Waals surface area (Å²) in [5, 5.41) is 4.10. The van der Waals surface area contributed by atoms with Gasteiger partial charge in [-0.25, -0.2) is 4.98 Å². The van der Waals surface area contributed by atoms with Gasteiger partial charge in [0.05, 0.1) is 13.1 Å². The topological polar surface area (TPSA) is 75.6 Å². The zero-order chi connectivity index (χ0) is 21.9. The molecule has 0 N–H and O–H groups in total. The average molecular weight is 428 g/mol. The van der Waals surface area contributed by atoms with Gasteiger partial charge >= 0.3 is 0 Å². The first-order valence-corrected chi connectivity index (χ1v) is 10.7. The number of nitrogens with zero attached hydrogens (tertiary/aromatic N) is 4. The molecule has 7 heteroatoms. The molecule has 0 spiro atoms. The Balaban J connectivity index is 1.20. The molecule has 1 aliphatic rings. The van der Waals surface area contributed by atoms with E-state index < -0.39 is 0 Å². The Morgan fingerprint density at radius 2 is 1.88 bits per heavy atom. The lowest BCUT2D eigenvalue weighted by atomic mass is 10.00. The monoisotopic (exact) mass is 428 g/mol. The minimum absolute atomic E-state index is 0.221. The molecule has 3 heterocycles. The van der Waals surface area contributed by atoms with Gasteiger partial charge in [-0.05, 0) is 17.5 Å². The SMILES string of the molecule is CN(Cc1cc(-c2ccccc2)no1)C(=O)c1coc(CN2CCc3ccccc3C2)n1. The van der Waals surface area contributed by atoms with E-state index in [-0.39, 0.29) is 5.91 Å². The van der Waals surface area contributed by atoms with Gasteiger partial charge in [0.1, 0.15) is 12.0 Å². The molecule has 162 valence electrons.